The van der Waals surface area contributed by atoms with Gasteiger partial charge in [-0.2, -0.15) is 0 Å². The van der Waals surface area contributed by atoms with Gasteiger partial charge >= 0.3 is 11.9 Å². The number of aliphatic carboxylic acids is 1. The van der Waals surface area contributed by atoms with Gasteiger partial charge in [-0.25, -0.2) is 9.59 Å². The molecule has 4 nitrogen and oxygen atoms in total. The number of hydrogen-bond donors (Lipinski definition) is 2. The van der Waals surface area contributed by atoms with E-state index in [9.17, 15) is 9.59 Å². The van der Waals surface area contributed by atoms with Gasteiger partial charge in [0.2, 0.25) is 0 Å². The molecule has 0 fully saturated rings. The van der Waals surface area contributed by atoms with Crippen LogP contribution in [0.15, 0.2) is 67.3 Å². The fourth-order valence-corrected chi connectivity index (χ4v) is 1.60. The summed E-state index contributed by atoms with van der Waals surface area (Å²) in [6.45, 7) is 3.51. The normalized spacial score (nSPS) is 9.64. The molecule has 0 aromatic heterocycles. The van der Waals surface area contributed by atoms with Crippen molar-refractivity contribution in [2.75, 3.05) is 0 Å². The summed E-state index contributed by atoms with van der Waals surface area (Å²) in [6.07, 6.45) is 4.21. The second-order valence-corrected chi connectivity index (χ2v) is 4.18. The molecule has 2 aromatic carbocycles. The Balaban J connectivity index is 0.000000220. The van der Waals surface area contributed by atoms with Crippen molar-refractivity contribution in [1.29, 1.82) is 0 Å². The molecule has 0 aliphatic heterocycles. The van der Waals surface area contributed by atoms with Gasteiger partial charge in [0.1, 0.15) is 0 Å². The molecule has 0 unspecified atom stereocenters. The molecule has 0 saturated heterocycles. The summed E-state index contributed by atoms with van der Waals surface area (Å²) in [6, 6.07) is 16.1. The summed E-state index contributed by atoms with van der Waals surface area (Å²) in [5.74, 6) is -1.84. The van der Waals surface area contributed by atoms with E-state index >= 15 is 0 Å². The van der Waals surface area contributed by atoms with E-state index in [1.165, 1.54) is 6.08 Å². The highest BCUT2D eigenvalue weighted by molar-refractivity contribution is 5.91. The smallest absolute Gasteiger partial charge is 0.336 e. The zero-order valence-corrected chi connectivity index (χ0v) is 11.8. The van der Waals surface area contributed by atoms with Gasteiger partial charge < -0.3 is 10.2 Å². The van der Waals surface area contributed by atoms with Gasteiger partial charge in [0, 0.05) is 6.08 Å². The van der Waals surface area contributed by atoms with Crippen molar-refractivity contribution in [3.63, 3.8) is 0 Å². The topological polar surface area (TPSA) is 74.6 Å². The van der Waals surface area contributed by atoms with Crippen LogP contribution in [0.25, 0.3) is 12.2 Å². The van der Waals surface area contributed by atoms with Crippen LogP contribution in [0.2, 0.25) is 0 Å². The van der Waals surface area contributed by atoms with Crippen LogP contribution in [0.3, 0.4) is 0 Å². The summed E-state index contributed by atoms with van der Waals surface area (Å²) in [7, 11) is 0. The van der Waals surface area contributed by atoms with Crippen LogP contribution in [0.4, 0.5) is 0 Å². The molecular weight excluding hydrogens is 280 g/mol. The van der Waals surface area contributed by atoms with Crippen molar-refractivity contribution in [3.8, 4) is 0 Å². The summed E-state index contributed by atoms with van der Waals surface area (Å²) < 4.78 is 0. The average Bonchev–Trinajstić information content (AvgIpc) is 2.54. The third-order valence-electron chi connectivity index (χ3n) is 2.63. The Labute approximate surface area is 128 Å². The minimum Gasteiger partial charge on any atom is -0.478 e. The van der Waals surface area contributed by atoms with Gasteiger partial charge in [0.25, 0.3) is 0 Å². The molecule has 0 heterocycles. The second-order valence-electron chi connectivity index (χ2n) is 4.18. The van der Waals surface area contributed by atoms with Crippen LogP contribution >= 0.6 is 0 Å². The van der Waals surface area contributed by atoms with Crippen molar-refractivity contribution >= 4 is 24.1 Å². The lowest BCUT2D eigenvalue weighted by Gasteiger charge is -1.97. The van der Waals surface area contributed by atoms with E-state index in [1.807, 2.05) is 30.3 Å². The SMILES string of the molecule is C=Cc1ccccc1C(=O)O.O=C(O)C=Cc1ccccc1. The minimum absolute atomic E-state index is 0.294. The highest BCUT2D eigenvalue weighted by atomic mass is 16.4. The molecule has 22 heavy (non-hydrogen) atoms. The number of benzene rings is 2. The van der Waals surface area contributed by atoms with Gasteiger partial charge in [-0.15, -0.1) is 0 Å². The lowest BCUT2D eigenvalue weighted by Crippen LogP contribution is -1.98. The molecule has 0 aliphatic carbocycles. The van der Waals surface area contributed by atoms with E-state index < -0.39 is 11.9 Å². The fraction of sp³-hybridized carbons (Fsp3) is 0. The van der Waals surface area contributed by atoms with E-state index in [-0.39, 0.29) is 0 Å². The zero-order chi connectivity index (χ0) is 16.4. The van der Waals surface area contributed by atoms with E-state index in [0.29, 0.717) is 11.1 Å². The number of hydrogen-bond acceptors (Lipinski definition) is 2. The van der Waals surface area contributed by atoms with E-state index in [1.54, 1.807) is 30.3 Å². The molecular formula is C18H16O4. The maximum absolute atomic E-state index is 10.5. The van der Waals surface area contributed by atoms with Crippen molar-refractivity contribution in [2.24, 2.45) is 0 Å². The predicted octanol–water partition coefficient (Wildman–Crippen LogP) is 3.81. The lowest BCUT2D eigenvalue weighted by atomic mass is 10.1. The molecule has 0 saturated carbocycles. The number of carboxylic acids is 2. The maximum Gasteiger partial charge on any atom is 0.336 e. The predicted molar refractivity (Wildman–Crippen MR) is 86.6 cm³/mol. The third kappa shape index (κ3) is 5.88. The van der Waals surface area contributed by atoms with E-state index in [4.69, 9.17) is 10.2 Å². The highest BCUT2D eigenvalue weighted by Gasteiger charge is 2.04. The first-order valence-electron chi connectivity index (χ1n) is 6.45. The Morgan fingerprint density at radius 1 is 0.909 bits per heavy atom. The largest absolute Gasteiger partial charge is 0.478 e. The van der Waals surface area contributed by atoms with Gasteiger partial charge in [-0.05, 0) is 23.3 Å². The van der Waals surface area contributed by atoms with Crippen molar-refractivity contribution in [2.45, 2.75) is 0 Å². The number of aromatic carboxylic acids is 1. The van der Waals surface area contributed by atoms with Crippen molar-refractivity contribution in [1.82, 2.24) is 0 Å². The quantitative estimate of drug-likeness (QED) is 0.841. The molecule has 0 aliphatic rings. The molecule has 0 bridgehead atoms. The van der Waals surface area contributed by atoms with Gasteiger partial charge in [-0.3, -0.25) is 0 Å². The third-order valence-corrected chi connectivity index (χ3v) is 2.63. The molecule has 0 amide bonds. The summed E-state index contributed by atoms with van der Waals surface area (Å²) in [4.78, 5) is 20.6. The Morgan fingerprint density at radius 3 is 2.00 bits per heavy atom. The van der Waals surface area contributed by atoms with E-state index in [0.717, 1.165) is 11.6 Å². The maximum atomic E-state index is 10.5. The number of rotatable bonds is 4. The van der Waals surface area contributed by atoms with Crippen LogP contribution in [0.1, 0.15) is 21.5 Å². The Bertz CT molecular complexity index is 672. The minimum atomic E-state index is -0.922. The van der Waals surface area contributed by atoms with Crippen molar-refractivity contribution < 1.29 is 19.8 Å². The van der Waals surface area contributed by atoms with E-state index in [2.05, 4.69) is 6.58 Å². The molecule has 0 radical (unpaired) electrons. The molecule has 112 valence electrons. The average molecular weight is 296 g/mol. The van der Waals surface area contributed by atoms with Crippen molar-refractivity contribution in [3.05, 3.63) is 83.9 Å². The molecule has 0 spiro atoms. The molecule has 2 rings (SSSR count). The summed E-state index contributed by atoms with van der Waals surface area (Å²) in [5, 5.41) is 16.9. The second kappa shape index (κ2) is 8.92. The number of carboxylic acid groups (broad SMARTS) is 2. The number of carbonyl (C=O) groups is 2. The van der Waals surface area contributed by atoms with Crippen LogP contribution in [0, 0.1) is 0 Å². The van der Waals surface area contributed by atoms with Crippen LogP contribution in [-0.4, -0.2) is 22.2 Å². The van der Waals surface area contributed by atoms with Crippen LogP contribution < -0.4 is 0 Å². The summed E-state index contributed by atoms with van der Waals surface area (Å²) >= 11 is 0. The Kier molecular flexibility index (Phi) is 6.86. The molecule has 4 heteroatoms. The van der Waals surface area contributed by atoms with Gasteiger partial charge in [-0.1, -0.05) is 61.2 Å². The highest BCUT2D eigenvalue weighted by Crippen LogP contribution is 2.09. The lowest BCUT2D eigenvalue weighted by molar-refractivity contribution is -0.131. The molecule has 2 N–H and O–H groups in total. The summed E-state index contributed by atoms with van der Waals surface area (Å²) in [5.41, 5.74) is 1.84. The Morgan fingerprint density at radius 2 is 1.50 bits per heavy atom. The first kappa shape index (κ1) is 16.9. The van der Waals surface area contributed by atoms with Gasteiger partial charge in [0.05, 0.1) is 5.56 Å². The standard InChI is InChI=1S/2C9H8O2/c1-2-7-5-3-4-6-8(7)9(10)11;10-9(11)7-6-8-4-2-1-3-5-8/h2-6H,1H2,(H,10,11);1-7H,(H,10,11). The first-order valence-corrected chi connectivity index (χ1v) is 6.45. The zero-order valence-electron chi connectivity index (χ0n) is 11.8. The monoisotopic (exact) mass is 296 g/mol. The molecule has 2 aromatic rings. The Hall–Kier alpha value is -3.14. The van der Waals surface area contributed by atoms with Gasteiger partial charge in [0.15, 0.2) is 0 Å². The first-order chi connectivity index (χ1) is 10.5. The van der Waals surface area contributed by atoms with Crippen LogP contribution in [0.5, 0.6) is 0 Å². The fourth-order valence-electron chi connectivity index (χ4n) is 1.60. The molecule has 0 atom stereocenters. The van der Waals surface area contributed by atoms with Crippen LogP contribution in [-0.2, 0) is 4.79 Å².